The zero-order valence-electron chi connectivity index (χ0n) is 10.6. The van der Waals surface area contributed by atoms with E-state index in [0.29, 0.717) is 11.3 Å². The van der Waals surface area contributed by atoms with Gasteiger partial charge < -0.3 is 5.11 Å². The van der Waals surface area contributed by atoms with Crippen LogP contribution in [0.1, 0.15) is 65.2 Å². The maximum Gasteiger partial charge on any atom is 0.309 e. The summed E-state index contributed by atoms with van der Waals surface area (Å²) in [5.41, 5.74) is -0.00339. The first-order chi connectivity index (χ1) is 7.46. The van der Waals surface area contributed by atoms with Crippen LogP contribution in [0.3, 0.4) is 0 Å². The summed E-state index contributed by atoms with van der Waals surface area (Å²) in [6.45, 7) is 4.57. The largest absolute Gasteiger partial charge is 0.481 e. The fourth-order valence-corrected chi connectivity index (χ4v) is 3.89. The molecule has 0 aromatic heterocycles. The molecular formula is C14H24O2. The number of carboxylic acids is 1. The van der Waals surface area contributed by atoms with Crippen LogP contribution in [0.15, 0.2) is 0 Å². The Labute approximate surface area is 98.4 Å². The summed E-state index contributed by atoms with van der Waals surface area (Å²) < 4.78 is 0. The van der Waals surface area contributed by atoms with Gasteiger partial charge in [0, 0.05) is 0 Å². The fraction of sp³-hybridized carbons (Fsp3) is 0.929. The van der Waals surface area contributed by atoms with E-state index in [9.17, 15) is 9.90 Å². The van der Waals surface area contributed by atoms with Crippen LogP contribution in [0.2, 0.25) is 0 Å². The summed E-state index contributed by atoms with van der Waals surface area (Å²) >= 11 is 0. The lowest BCUT2D eigenvalue weighted by Gasteiger charge is -2.39. The van der Waals surface area contributed by atoms with Crippen LogP contribution in [-0.4, -0.2) is 11.1 Å². The van der Waals surface area contributed by atoms with E-state index < -0.39 is 5.97 Å². The highest BCUT2D eigenvalue weighted by atomic mass is 16.4. The number of carbonyl (C=O) groups is 1. The molecule has 2 heteroatoms. The predicted octanol–water partition coefficient (Wildman–Crippen LogP) is 3.85. The highest BCUT2D eigenvalue weighted by Gasteiger charge is 2.50. The second kappa shape index (κ2) is 4.05. The van der Waals surface area contributed by atoms with Gasteiger partial charge in [0.1, 0.15) is 0 Å². The Bertz CT molecular complexity index is 274. The van der Waals surface area contributed by atoms with Crippen molar-refractivity contribution in [3.8, 4) is 0 Å². The Morgan fingerprint density at radius 3 is 2.19 bits per heavy atom. The minimum atomic E-state index is -0.519. The van der Waals surface area contributed by atoms with Gasteiger partial charge in [-0.05, 0) is 43.4 Å². The molecule has 2 aliphatic carbocycles. The van der Waals surface area contributed by atoms with Crippen LogP contribution >= 0.6 is 0 Å². The van der Waals surface area contributed by atoms with Gasteiger partial charge in [0.25, 0.3) is 0 Å². The van der Waals surface area contributed by atoms with Crippen molar-refractivity contribution < 1.29 is 9.90 Å². The highest BCUT2D eigenvalue weighted by molar-refractivity contribution is 5.75. The molecule has 0 amide bonds. The molecule has 0 radical (unpaired) electrons. The van der Waals surface area contributed by atoms with Crippen LogP contribution in [0.25, 0.3) is 0 Å². The van der Waals surface area contributed by atoms with Gasteiger partial charge in [-0.2, -0.15) is 0 Å². The molecule has 0 spiro atoms. The van der Waals surface area contributed by atoms with Gasteiger partial charge in [0.15, 0.2) is 0 Å². The van der Waals surface area contributed by atoms with Crippen molar-refractivity contribution in [2.45, 2.75) is 65.2 Å². The fourth-order valence-electron chi connectivity index (χ4n) is 3.89. The minimum absolute atomic E-state index is 0.366. The third kappa shape index (κ3) is 1.99. The number of rotatable bonds is 2. The van der Waals surface area contributed by atoms with Crippen LogP contribution < -0.4 is 0 Å². The Morgan fingerprint density at radius 1 is 1.12 bits per heavy atom. The van der Waals surface area contributed by atoms with E-state index in [2.05, 4.69) is 13.8 Å². The molecule has 0 bridgehead atoms. The van der Waals surface area contributed by atoms with E-state index in [-0.39, 0.29) is 5.41 Å². The van der Waals surface area contributed by atoms with E-state index in [1.165, 1.54) is 12.8 Å². The highest BCUT2D eigenvalue weighted by Crippen LogP contribution is 2.54. The lowest BCUT2D eigenvalue weighted by atomic mass is 9.64. The van der Waals surface area contributed by atoms with Gasteiger partial charge >= 0.3 is 5.97 Å². The SMILES string of the molecule is CC1(C)CCC(C2(C(=O)O)CCCCC2)C1. The van der Waals surface area contributed by atoms with Crippen molar-refractivity contribution in [1.29, 1.82) is 0 Å². The van der Waals surface area contributed by atoms with Gasteiger partial charge in [-0.25, -0.2) is 0 Å². The molecule has 2 rings (SSSR count). The Kier molecular flexibility index (Phi) is 3.02. The third-order valence-electron chi connectivity index (χ3n) is 4.92. The number of carboxylic acid groups (broad SMARTS) is 1. The Hall–Kier alpha value is -0.530. The van der Waals surface area contributed by atoms with Crippen molar-refractivity contribution in [3.63, 3.8) is 0 Å². The van der Waals surface area contributed by atoms with Crippen LogP contribution in [0.4, 0.5) is 0 Å². The second-order valence-corrected chi connectivity index (χ2v) is 6.63. The summed E-state index contributed by atoms with van der Waals surface area (Å²) in [6.07, 6.45) is 8.73. The van der Waals surface area contributed by atoms with E-state index in [1.54, 1.807) is 0 Å². The van der Waals surface area contributed by atoms with Crippen molar-refractivity contribution in [2.75, 3.05) is 0 Å². The molecule has 2 nitrogen and oxygen atoms in total. The smallest absolute Gasteiger partial charge is 0.309 e. The summed E-state index contributed by atoms with van der Waals surface area (Å²) in [7, 11) is 0. The molecule has 0 aromatic carbocycles. The molecule has 92 valence electrons. The average Bonchev–Trinajstić information content (AvgIpc) is 2.60. The van der Waals surface area contributed by atoms with Crippen molar-refractivity contribution in [2.24, 2.45) is 16.7 Å². The second-order valence-electron chi connectivity index (χ2n) is 6.63. The van der Waals surface area contributed by atoms with Crippen molar-refractivity contribution in [1.82, 2.24) is 0 Å². The molecule has 1 atom stereocenters. The molecule has 1 N–H and O–H groups in total. The molecular weight excluding hydrogens is 200 g/mol. The Morgan fingerprint density at radius 2 is 1.75 bits per heavy atom. The number of hydrogen-bond donors (Lipinski definition) is 1. The zero-order valence-corrected chi connectivity index (χ0v) is 10.6. The molecule has 2 saturated carbocycles. The van der Waals surface area contributed by atoms with Crippen LogP contribution in [-0.2, 0) is 4.79 Å². The van der Waals surface area contributed by atoms with E-state index in [0.717, 1.165) is 38.5 Å². The molecule has 1 unspecified atom stereocenters. The van der Waals surface area contributed by atoms with E-state index >= 15 is 0 Å². The van der Waals surface area contributed by atoms with Crippen LogP contribution in [0.5, 0.6) is 0 Å². The molecule has 16 heavy (non-hydrogen) atoms. The van der Waals surface area contributed by atoms with Gasteiger partial charge in [0.05, 0.1) is 5.41 Å². The number of hydrogen-bond acceptors (Lipinski definition) is 1. The summed E-state index contributed by atoms with van der Waals surface area (Å²) in [6, 6.07) is 0. The predicted molar refractivity (Wildman–Crippen MR) is 64.3 cm³/mol. The first-order valence-corrected chi connectivity index (χ1v) is 6.70. The first kappa shape index (κ1) is 11.9. The summed E-state index contributed by atoms with van der Waals surface area (Å²) in [5, 5.41) is 9.62. The van der Waals surface area contributed by atoms with E-state index in [1.807, 2.05) is 0 Å². The normalized spacial score (nSPS) is 32.5. The third-order valence-corrected chi connectivity index (χ3v) is 4.92. The van der Waals surface area contributed by atoms with Crippen molar-refractivity contribution in [3.05, 3.63) is 0 Å². The van der Waals surface area contributed by atoms with Crippen molar-refractivity contribution >= 4 is 5.97 Å². The topological polar surface area (TPSA) is 37.3 Å². The maximum atomic E-state index is 11.7. The van der Waals surface area contributed by atoms with Gasteiger partial charge in [-0.3, -0.25) is 4.79 Å². The molecule has 0 saturated heterocycles. The standard InChI is InChI=1S/C14H24O2/c1-13(2)9-6-11(10-13)14(12(15)16)7-4-3-5-8-14/h11H,3-10H2,1-2H3,(H,15,16). The lowest BCUT2D eigenvalue weighted by molar-refractivity contribution is -0.155. The molecule has 0 aromatic rings. The molecule has 0 aliphatic heterocycles. The lowest BCUT2D eigenvalue weighted by Crippen LogP contribution is -2.39. The monoisotopic (exact) mass is 224 g/mol. The maximum absolute atomic E-state index is 11.7. The molecule has 0 heterocycles. The Balaban J connectivity index is 2.17. The summed E-state index contributed by atoms with van der Waals surface area (Å²) in [5.74, 6) is -0.0878. The molecule has 2 aliphatic rings. The number of aliphatic carboxylic acids is 1. The van der Waals surface area contributed by atoms with Crippen LogP contribution in [0, 0.1) is 16.7 Å². The van der Waals surface area contributed by atoms with Gasteiger partial charge in [-0.1, -0.05) is 33.1 Å². The first-order valence-electron chi connectivity index (χ1n) is 6.70. The average molecular weight is 224 g/mol. The zero-order chi connectivity index (χ0) is 11.8. The van der Waals surface area contributed by atoms with Gasteiger partial charge in [-0.15, -0.1) is 0 Å². The quantitative estimate of drug-likeness (QED) is 0.773. The van der Waals surface area contributed by atoms with E-state index in [4.69, 9.17) is 0 Å². The summed E-state index contributed by atoms with van der Waals surface area (Å²) in [4.78, 5) is 11.7. The minimum Gasteiger partial charge on any atom is -0.481 e. The van der Waals surface area contributed by atoms with Gasteiger partial charge in [0.2, 0.25) is 0 Å². The molecule has 2 fully saturated rings.